The van der Waals surface area contributed by atoms with Crippen LogP contribution in [0.5, 0.6) is 0 Å². The van der Waals surface area contributed by atoms with E-state index in [2.05, 4.69) is 9.97 Å². The van der Waals surface area contributed by atoms with E-state index in [9.17, 15) is 10.1 Å². The summed E-state index contributed by atoms with van der Waals surface area (Å²) < 4.78 is 5.66. The highest BCUT2D eigenvalue weighted by molar-refractivity contribution is 5.84. The number of anilines is 1. The van der Waals surface area contributed by atoms with Crippen LogP contribution >= 0.6 is 0 Å². The summed E-state index contributed by atoms with van der Waals surface area (Å²) in [6.45, 7) is 3.48. The average Bonchev–Trinajstić information content (AvgIpc) is 2.79. The number of benzene rings is 1. The molecule has 7 nitrogen and oxygen atoms in total. The third kappa shape index (κ3) is 2.18. The molecule has 21 heavy (non-hydrogen) atoms. The van der Waals surface area contributed by atoms with Gasteiger partial charge in [-0.25, -0.2) is 9.97 Å². The van der Waals surface area contributed by atoms with Gasteiger partial charge in [-0.15, -0.1) is 0 Å². The molecule has 2 aromatic heterocycles. The minimum absolute atomic E-state index is 0.0234. The summed E-state index contributed by atoms with van der Waals surface area (Å²) >= 11 is 0. The molecule has 0 fully saturated rings. The molecule has 0 bridgehead atoms. The fourth-order valence-corrected chi connectivity index (χ4v) is 2.26. The van der Waals surface area contributed by atoms with Crippen molar-refractivity contribution in [2.45, 2.75) is 13.8 Å². The van der Waals surface area contributed by atoms with E-state index in [4.69, 9.17) is 10.2 Å². The van der Waals surface area contributed by atoms with Gasteiger partial charge < -0.3 is 10.2 Å². The van der Waals surface area contributed by atoms with Gasteiger partial charge in [0.15, 0.2) is 11.5 Å². The van der Waals surface area contributed by atoms with E-state index in [1.165, 1.54) is 6.92 Å². The number of nitrogens with two attached hydrogens (primary N) is 1. The second-order valence-electron chi connectivity index (χ2n) is 4.77. The van der Waals surface area contributed by atoms with Gasteiger partial charge in [0.1, 0.15) is 11.3 Å². The van der Waals surface area contributed by atoms with Gasteiger partial charge in [-0.05, 0) is 32.0 Å². The van der Waals surface area contributed by atoms with Crippen LogP contribution in [-0.2, 0) is 0 Å². The van der Waals surface area contributed by atoms with Gasteiger partial charge in [-0.1, -0.05) is 11.6 Å². The van der Waals surface area contributed by atoms with E-state index >= 15 is 0 Å². The predicted molar refractivity (Wildman–Crippen MR) is 77.8 cm³/mol. The number of furan rings is 1. The number of hydrogen-bond donors (Lipinski definition) is 1. The minimum atomic E-state index is -0.525. The lowest BCUT2D eigenvalue weighted by atomic mass is 10.1. The van der Waals surface area contributed by atoms with Crippen LogP contribution in [0, 0.1) is 24.0 Å². The van der Waals surface area contributed by atoms with Crippen LogP contribution in [-0.4, -0.2) is 14.9 Å². The van der Waals surface area contributed by atoms with Crippen molar-refractivity contribution in [1.29, 1.82) is 0 Å². The van der Waals surface area contributed by atoms with Gasteiger partial charge in [0.05, 0.1) is 4.92 Å². The summed E-state index contributed by atoms with van der Waals surface area (Å²) in [5.74, 6) is 0.282. The van der Waals surface area contributed by atoms with Crippen molar-refractivity contribution in [3.05, 3.63) is 45.6 Å². The molecule has 0 amide bonds. The maximum absolute atomic E-state index is 11.2. The molecule has 3 aromatic rings. The number of nitrogen functional groups attached to an aromatic ring is 1. The molecule has 2 N–H and O–H groups in total. The quantitative estimate of drug-likeness (QED) is 0.572. The van der Waals surface area contributed by atoms with Crippen molar-refractivity contribution in [2.75, 3.05) is 5.73 Å². The van der Waals surface area contributed by atoms with Gasteiger partial charge >= 0.3 is 5.69 Å². The molecule has 0 saturated heterocycles. The fraction of sp³-hybridized carbons (Fsp3) is 0.143. The number of aromatic nitrogens is 2. The topological polar surface area (TPSA) is 108 Å². The Kier molecular flexibility index (Phi) is 2.83. The number of fused-ring (bicyclic) bond motifs is 1. The first-order valence-corrected chi connectivity index (χ1v) is 6.25. The van der Waals surface area contributed by atoms with E-state index in [1.807, 2.05) is 25.1 Å². The van der Waals surface area contributed by atoms with Crippen molar-refractivity contribution < 1.29 is 9.34 Å². The van der Waals surface area contributed by atoms with E-state index in [0.717, 1.165) is 10.9 Å². The van der Waals surface area contributed by atoms with Crippen LogP contribution in [0.1, 0.15) is 11.3 Å². The summed E-state index contributed by atoms with van der Waals surface area (Å²) in [6.07, 6.45) is 0. The Bertz CT molecular complexity index is 870. The van der Waals surface area contributed by atoms with Crippen molar-refractivity contribution in [3.8, 4) is 11.5 Å². The molecule has 0 aliphatic carbocycles. The standard InChI is InChI=1S/C14H12N4O3/c1-7-3-4-10-9(5-7)6-11(21-10)12-13(18(19)20)8(2)16-14(15)17-12/h3-6H,1-2H3,(H2,15,16,17). The zero-order chi connectivity index (χ0) is 15.1. The molecule has 2 heterocycles. The summed E-state index contributed by atoms with van der Waals surface area (Å²) in [5, 5.41) is 12.1. The lowest BCUT2D eigenvalue weighted by Crippen LogP contribution is -2.04. The first kappa shape index (κ1) is 13.0. The predicted octanol–water partition coefficient (Wildman–Crippen LogP) is 3.00. The third-order valence-corrected chi connectivity index (χ3v) is 3.16. The van der Waals surface area contributed by atoms with Gasteiger partial charge in [-0.3, -0.25) is 10.1 Å². The number of nitro groups is 1. The Hall–Kier alpha value is -2.96. The van der Waals surface area contributed by atoms with Crippen LogP contribution in [0.15, 0.2) is 28.7 Å². The normalized spacial score (nSPS) is 11.0. The van der Waals surface area contributed by atoms with Crippen molar-refractivity contribution in [3.63, 3.8) is 0 Å². The van der Waals surface area contributed by atoms with Crippen LogP contribution < -0.4 is 5.73 Å². The number of nitrogens with zero attached hydrogens (tertiary/aromatic N) is 3. The highest BCUT2D eigenvalue weighted by atomic mass is 16.6. The zero-order valence-corrected chi connectivity index (χ0v) is 11.5. The molecule has 0 unspecified atom stereocenters. The largest absolute Gasteiger partial charge is 0.454 e. The molecule has 7 heteroatoms. The lowest BCUT2D eigenvalue weighted by Gasteiger charge is -2.02. The van der Waals surface area contributed by atoms with Crippen LogP contribution in [0.2, 0.25) is 0 Å². The lowest BCUT2D eigenvalue weighted by molar-refractivity contribution is -0.385. The Morgan fingerprint density at radius 1 is 1.24 bits per heavy atom. The highest BCUT2D eigenvalue weighted by Gasteiger charge is 2.25. The molecular weight excluding hydrogens is 272 g/mol. The Morgan fingerprint density at radius 2 is 2.00 bits per heavy atom. The third-order valence-electron chi connectivity index (χ3n) is 3.16. The molecule has 1 aromatic carbocycles. The van der Waals surface area contributed by atoms with Gasteiger partial charge in [0, 0.05) is 5.39 Å². The molecule has 0 radical (unpaired) electrons. The highest BCUT2D eigenvalue weighted by Crippen LogP contribution is 2.34. The summed E-state index contributed by atoms with van der Waals surface area (Å²) in [5.41, 5.74) is 7.42. The van der Waals surface area contributed by atoms with Crippen LogP contribution in [0.3, 0.4) is 0 Å². The monoisotopic (exact) mass is 284 g/mol. The fourth-order valence-electron chi connectivity index (χ4n) is 2.26. The van der Waals surface area contributed by atoms with Gasteiger partial charge in [0.25, 0.3) is 0 Å². The first-order chi connectivity index (χ1) is 9.95. The molecule has 0 saturated carbocycles. The summed E-state index contributed by atoms with van der Waals surface area (Å²) in [6, 6.07) is 7.38. The van der Waals surface area contributed by atoms with E-state index in [0.29, 0.717) is 11.3 Å². The second-order valence-corrected chi connectivity index (χ2v) is 4.77. The first-order valence-electron chi connectivity index (χ1n) is 6.25. The van der Waals surface area contributed by atoms with Crippen LogP contribution in [0.4, 0.5) is 11.6 Å². The summed E-state index contributed by atoms with van der Waals surface area (Å²) in [7, 11) is 0. The summed E-state index contributed by atoms with van der Waals surface area (Å²) in [4.78, 5) is 18.5. The maximum atomic E-state index is 11.2. The second kappa shape index (κ2) is 4.55. The van der Waals surface area contributed by atoms with Crippen LogP contribution in [0.25, 0.3) is 22.4 Å². The van der Waals surface area contributed by atoms with E-state index in [1.54, 1.807) is 6.07 Å². The average molecular weight is 284 g/mol. The number of aryl methyl sites for hydroxylation is 2. The Balaban J connectivity index is 2.29. The number of rotatable bonds is 2. The van der Waals surface area contributed by atoms with Crippen molar-refractivity contribution in [1.82, 2.24) is 9.97 Å². The zero-order valence-electron chi connectivity index (χ0n) is 11.5. The van der Waals surface area contributed by atoms with Crippen molar-refractivity contribution in [2.24, 2.45) is 0 Å². The molecule has 3 rings (SSSR count). The smallest absolute Gasteiger partial charge is 0.319 e. The SMILES string of the molecule is Cc1ccc2oc(-c3nc(N)nc(C)c3[N+](=O)[O-])cc2c1. The molecular formula is C14H12N4O3. The molecule has 0 aliphatic rings. The number of hydrogen-bond acceptors (Lipinski definition) is 6. The molecule has 0 atom stereocenters. The van der Waals surface area contributed by atoms with E-state index < -0.39 is 4.92 Å². The molecule has 0 spiro atoms. The Morgan fingerprint density at radius 3 is 2.71 bits per heavy atom. The maximum Gasteiger partial charge on any atom is 0.319 e. The van der Waals surface area contributed by atoms with Crippen molar-refractivity contribution >= 4 is 22.6 Å². The molecule has 106 valence electrons. The molecule has 0 aliphatic heterocycles. The van der Waals surface area contributed by atoms with Gasteiger partial charge in [0.2, 0.25) is 5.95 Å². The van der Waals surface area contributed by atoms with Gasteiger partial charge in [-0.2, -0.15) is 0 Å². The minimum Gasteiger partial charge on any atom is -0.454 e. The Labute approximate surface area is 119 Å². The van der Waals surface area contributed by atoms with E-state index in [-0.39, 0.29) is 23.0 Å².